The van der Waals surface area contributed by atoms with Crippen LogP contribution in [0.2, 0.25) is 5.02 Å². The molecule has 82 valence electrons. The Morgan fingerprint density at radius 2 is 2.33 bits per heavy atom. The lowest BCUT2D eigenvalue weighted by Gasteiger charge is -2.32. The van der Waals surface area contributed by atoms with Crippen LogP contribution < -0.4 is 5.32 Å². The molecule has 0 saturated carbocycles. The number of benzene rings is 1. The summed E-state index contributed by atoms with van der Waals surface area (Å²) in [7, 11) is 0. The lowest BCUT2D eigenvalue weighted by atomic mass is 9.98. The molecule has 2 atom stereocenters. The molecule has 1 aliphatic heterocycles. The second-order valence-electron chi connectivity index (χ2n) is 3.86. The van der Waals surface area contributed by atoms with E-state index in [1.807, 2.05) is 23.9 Å². The van der Waals surface area contributed by atoms with Crippen LogP contribution in [0.25, 0.3) is 0 Å². The van der Waals surface area contributed by atoms with Gasteiger partial charge in [-0.1, -0.05) is 37.6 Å². The fraction of sp³-hybridized carbons (Fsp3) is 0.500. The Morgan fingerprint density at radius 3 is 3.07 bits per heavy atom. The summed E-state index contributed by atoms with van der Waals surface area (Å²) in [6.45, 7) is 5.43. The second kappa shape index (κ2) is 4.77. The van der Waals surface area contributed by atoms with Gasteiger partial charge in [0.25, 0.3) is 0 Å². The smallest absolute Gasteiger partial charge is 0.0449 e. The van der Waals surface area contributed by atoms with Gasteiger partial charge < -0.3 is 5.32 Å². The largest absolute Gasteiger partial charge is 0.309 e. The first-order chi connectivity index (χ1) is 7.24. The van der Waals surface area contributed by atoms with Gasteiger partial charge in [0.1, 0.15) is 0 Å². The van der Waals surface area contributed by atoms with Gasteiger partial charge in [0.2, 0.25) is 0 Å². The number of rotatable bonds is 2. The minimum Gasteiger partial charge on any atom is -0.309 e. The molecule has 0 aromatic heterocycles. The molecule has 1 nitrogen and oxygen atoms in total. The molecule has 2 rings (SSSR count). The molecule has 3 heteroatoms. The van der Waals surface area contributed by atoms with Crippen molar-refractivity contribution in [3.05, 3.63) is 34.3 Å². The van der Waals surface area contributed by atoms with Gasteiger partial charge >= 0.3 is 0 Å². The summed E-state index contributed by atoms with van der Waals surface area (Å²) in [5, 5.41) is 5.07. The minimum absolute atomic E-state index is 0.447. The third-order valence-corrected chi connectivity index (χ3v) is 4.48. The summed E-state index contributed by atoms with van der Waals surface area (Å²) in [5.74, 6) is 1.04. The average molecular weight is 242 g/mol. The summed E-state index contributed by atoms with van der Waals surface area (Å²) >= 11 is 8.19. The van der Waals surface area contributed by atoms with E-state index >= 15 is 0 Å². The van der Waals surface area contributed by atoms with E-state index < -0.39 is 0 Å². The Bertz CT molecular complexity index is 353. The van der Waals surface area contributed by atoms with Crippen LogP contribution in [-0.4, -0.2) is 11.8 Å². The molecular formula is C12H16ClNS. The van der Waals surface area contributed by atoms with E-state index in [9.17, 15) is 0 Å². The first-order valence-electron chi connectivity index (χ1n) is 5.36. The average Bonchev–Trinajstić information content (AvgIpc) is 2.23. The van der Waals surface area contributed by atoms with Gasteiger partial charge in [-0.05, 0) is 23.7 Å². The topological polar surface area (TPSA) is 12.0 Å². The molecule has 0 aliphatic carbocycles. The molecular weight excluding hydrogens is 226 g/mol. The summed E-state index contributed by atoms with van der Waals surface area (Å²) in [6.07, 6.45) is 0. The van der Waals surface area contributed by atoms with Crippen LogP contribution in [0.3, 0.4) is 0 Å². The second-order valence-corrected chi connectivity index (χ2v) is 5.63. The van der Waals surface area contributed by atoms with Crippen molar-refractivity contribution in [2.24, 2.45) is 0 Å². The Labute approximate surface area is 101 Å². The van der Waals surface area contributed by atoms with E-state index in [0.29, 0.717) is 11.3 Å². The first-order valence-corrected chi connectivity index (χ1v) is 6.79. The van der Waals surface area contributed by atoms with Crippen molar-refractivity contribution in [3.8, 4) is 0 Å². The fourth-order valence-electron chi connectivity index (χ4n) is 2.08. The number of hydrogen-bond acceptors (Lipinski definition) is 2. The molecule has 0 spiro atoms. The van der Waals surface area contributed by atoms with Gasteiger partial charge in [0.05, 0.1) is 0 Å². The van der Waals surface area contributed by atoms with Gasteiger partial charge in [0, 0.05) is 22.1 Å². The molecule has 1 heterocycles. The van der Waals surface area contributed by atoms with Gasteiger partial charge in [-0.3, -0.25) is 0 Å². The number of thioether (sulfide) groups is 1. The minimum atomic E-state index is 0.447. The van der Waals surface area contributed by atoms with Crippen LogP contribution in [0, 0.1) is 0 Å². The number of halogens is 1. The molecule has 1 aliphatic rings. The molecule has 2 unspecified atom stereocenters. The highest BCUT2D eigenvalue weighted by Gasteiger charge is 2.27. The molecule has 1 aromatic carbocycles. The van der Waals surface area contributed by atoms with Crippen LogP contribution in [0.15, 0.2) is 18.2 Å². The molecule has 0 fully saturated rings. The van der Waals surface area contributed by atoms with Crippen molar-refractivity contribution < 1.29 is 0 Å². The van der Waals surface area contributed by atoms with Crippen LogP contribution >= 0.6 is 23.4 Å². The summed E-state index contributed by atoms with van der Waals surface area (Å²) < 4.78 is 0. The molecule has 0 amide bonds. The zero-order valence-electron chi connectivity index (χ0n) is 9.09. The maximum Gasteiger partial charge on any atom is 0.0449 e. The van der Waals surface area contributed by atoms with Gasteiger partial charge in [0.15, 0.2) is 0 Å². The summed E-state index contributed by atoms with van der Waals surface area (Å²) in [6, 6.07) is 6.68. The predicted molar refractivity (Wildman–Crippen MR) is 68.6 cm³/mol. The Balaban J connectivity index is 2.39. The Morgan fingerprint density at radius 1 is 1.53 bits per heavy atom. The molecule has 0 saturated heterocycles. The van der Waals surface area contributed by atoms with Crippen molar-refractivity contribution in [2.45, 2.75) is 30.9 Å². The summed E-state index contributed by atoms with van der Waals surface area (Å²) in [5.41, 5.74) is 2.70. The van der Waals surface area contributed by atoms with Crippen molar-refractivity contribution >= 4 is 23.4 Å². The van der Waals surface area contributed by atoms with Crippen molar-refractivity contribution in [2.75, 3.05) is 6.54 Å². The highest BCUT2D eigenvalue weighted by atomic mass is 35.5. The predicted octanol–water partition coefficient (Wildman–Crippen LogP) is 3.63. The van der Waals surface area contributed by atoms with E-state index in [-0.39, 0.29) is 0 Å². The van der Waals surface area contributed by atoms with E-state index in [2.05, 4.69) is 25.2 Å². The Hall–Kier alpha value is -0.180. The maximum absolute atomic E-state index is 6.21. The quantitative estimate of drug-likeness (QED) is 0.849. The fourth-order valence-corrected chi connectivity index (χ4v) is 3.59. The van der Waals surface area contributed by atoms with E-state index in [1.165, 1.54) is 11.1 Å². The lowest BCUT2D eigenvalue weighted by molar-refractivity contribution is 0.540. The third-order valence-electron chi connectivity index (χ3n) is 2.87. The molecule has 0 radical (unpaired) electrons. The molecule has 1 N–H and O–H groups in total. The zero-order chi connectivity index (χ0) is 10.8. The molecule has 15 heavy (non-hydrogen) atoms. The monoisotopic (exact) mass is 241 g/mol. The summed E-state index contributed by atoms with van der Waals surface area (Å²) in [4.78, 5) is 0. The van der Waals surface area contributed by atoms with E-state index in [4.69, 9.17) is 11.6 Å². The lowest BCUT2D eigenvalue weighted by Crippen LogP contribution is -2.31. The molecule has 0 bridgehead atoms. The van der Waals surface area contributed by atoms with Crippen LogP contribution in [0.1, 0.15) is 31.0 Å². The maximum atomic E-state index is 6.21. The number of hydrogen-bond donors (Lipinski definition) is 1. The van der Waals surface area contributed by atoms with Crippen LogP contribution in [0.5, 0.6) is 0 Å². The van der Waals surface area contributed by atoms with Crippen molar-refractivity contribution in [1.82, 2.24) is 5.32 Å². The van der Waals surface area contributed by atoms with Crippen molar-refractivity contribution in [1.29, 1.82) is 0 Å². The van der Waals surface area contributed by atoms with E-state index in [0.717, 1.165) is 17.3 Å². The van der Waals surface area contributed by atoms with Crippen LogP contribution in [-0.2, 0) is 5.75 Å². The standard InChI is InChI=1S/C12H16ClNS/c1-3-14-12-8(2)15-7-10-9(12)5-4-6-11(10)13/h4-6,8,12,14H,3,7H2,1-2H3. The van der Waals surface area contributed by atoms with Gasteiger partial charge in [-0.15, -0.1) is 0 Å². The van der Waals surface area contributed by atoms with E-state index in [1.54, 1.807) is 0 Å². The number of fused-ring (bicyclic) bond motifs is 1. The number of nitrogens with one attached hydrogen (secondary N) is 1. The molecule has 1 aromatic rings. The van der Waals surface area contributed by atoms with Crippen LogP contribution in [0.4, 0.5) is 0 Å². The third kappa shape index (κ3) is 2.17. The SMILES string of the molecule is CCNC1c2cccc(Cl)c2CSC1C. The van der Waals surface area contributed by atoms with Gasteiger partial charge in [-0.25, -0.2) is 0 Å². The van der Waals surface area contributed by atoms with Gasteiger partial charge in [-0.2, -0.15) is 11.8 Å². The highest BCUT2D eigenvalue weighted by molar-refractivity contribution is 7.99. The zero-order valence-corrected chi connectivity index (χ0v) is 10.7. The normalized spacial score (nSPS) is 25.0. The highest BCUT2D eigenvalue weighted by Crippen LogP contribution is 2.40. The Kier molecular flexibility index (Phi) is 3.60. The first kappa shape index (κ1) is 11.3. The van der Waals surface area contributed by atoms with Crippen molar-refractivity contribution in [3.63, 3.8) is 0 Å².